The average Bonchev–Trinajstić information content (AvgIpc) is 3.13. The lowest BCUT2D eigenvalue weighted by Crippen LogP contribution is -2.26. The van der Waals surface area contributed by atoms with E-state index in [1.165, 1.54) is 0 Å². The van der Waals surface area contributed by atoms with Gasteiger partial charge in [-0.05, 0) is 56.2 Å². The molecule has 0 radical (unpaired) electrons. The molecule has 0 fully saturated rings. The highest BCUT2D eigenvalue weighted by Gasteiger charge is 2.28. The Morgan fingerprint density at radius 3 is 2.62 bits per heavy atom. The van der Waals surface area contributed by atoms with Crippen LogP contribution in [0, 0.1) is 6.92 Å². The van der Waals surface area contributed by atoms with Crippen molar-refractivity contribution in [3.05, 3.63) is 81.2 Å². The van der Waals surface area contributed by atoms with Crippen molar-refractivity contribution in [1.82, 2.24) is 5.43 Å². The van der Waals surface area contributed by atoms with Crippen molar-refractivity contribution in [2.45, 2.75) is 26.2 Å². The summed E-state index contributed by atoms with van der Waals surface area (Å²) in [5, 5.41) is 11.4. The number of thiocarbonyl (C=S) groups is 1. The summed E-state index contributed by atoms with van der Waals surface area (Å²) in [6.07, 6.45) is 2.34. The molecule has 0 aliphatic heterocycles. The van der Waals surface area contributed by atoms with Gasteiger partial charge in [-0.15, -0.1) is 0 Å². The highest BCUT2D eigenvalue weighted by molar-refractivity contribution is 7.80. The molecule has 9 heteroatoms. The lowest BCUT2D eigenvalue weighted by Gasteiger charge is -2.14. The molecule has 0 saturated heterocycles. The third-order valence-corrected chi connectivity index (χ3v) is 6.07. The molecule has 1 amide bonds. The Bertz CT molecular complexity index is 1210. The maximum absolute atomic E-state index is 12.9. The molecule has 0 unspecified atom stereocenters. The zero-order valence-electron chi connectivity index (χ0n) is 17.2. The van der Waals surface area contributed by atoms with Crippen molar-refractivity contribution in [2.75, 3.05) is 10.6 Å². The number of rotatable bonds is 4. The van der Waals surface area contributed by atoms with Gasteiger partial charge in [0, 0.05) is 23.2 Å². The van der Waals surface area contributed by atoms with Crippen LogP contribution in [0.4, 0.5) is 11.4 Å². The molecule has 1 heterocycles. The number of nitrogens with zero attached hydrogens (tertiary/aromatic N) is 1. The van der Waals surface area contributed by atoms with Crippen molar-refractivity contribution in [2.24, 2.45) is 5.10 Å². The van der Waals surface area contributed by atoms with E-state index < -0.39 is 5.91 Å². The first kappa shape index (κ1) is 22.3. The molecule has 0 spiro atoms. The smallest absolute Gasteiger partial charge is 0.291 e. The Balaban J connectivity index is 1.53. The quantitative estimate of drug-likeness (QED) is 0.303. The Hall–Kier alpha value is -2.87. The van der Waals surface area contributed by atoms with Gasteiger partial charge in [0.05, 0.1) is 21.4 Å². The normalized spacial score (nSPS) is 14.0. The van der Waals surface area contributed by atoms with Gasteiger partial charge in [-0.1, -0.05) is 47.5 Å². The average molecular weight is 487 g/mol. The van der Waals surface area contributed by atoms with E-state index >= 15 is 0 Å². The van der Waals surface area contributed by atoms with Gasteiger partial charge in [0.15, 0.2) is 10.9 Å². The molecule has 4 rings (SSSR count). The second kappa shape index (κ2) is 9.73. The Morgan fingerprint density at radius 1 is 1.06 bits per heavy atom. The van der Waals surface area contributed by atoms with E-state index in [0.717, 1.165) is 47.5 Å². The van der Waals surface area contributed by atoms with E-state index in [1.54, 1.807) is 18.2 Å². The van der Waals surface area contributed by atoms with Gasteiger partial charge in [-0.2, -0.15) is 5.10 Å². The number of anilines is 2. The number of nitrogens with one attached hydrogen (secondary N) is 3. The fraction of sp³-hybridized carbons (Fsp3) is 0.174. The number of fused-ring (bicyclic) bond motifs is 1. The van der Waals surface area contributed by atoms with Gasteiger partial charge in [0.25, 0.3) is 5.91 Å². The van der Waals surface area contributed by atoms with Crippen molar-refractivity contribution >= 4 is 63.5 Å². The molecule has 0 bridgehead atoms. The third-order valence-electron chi connectivity index (χ3n) is 5.06. The third kappa shape index (κ3) is 4.80. The number of amides is 1. The summed E-state index contributed by atoms with van der Waals surface area (Å²) in [4.78, 5) is 12.9. The molecule has 6 nitrogen and oxygen atoms in total. The molecule has 3 N–H and O–H groups in total. The predicted octanol–water partition coefficient (Wildman–Crippen LogP) is 6.17. The maximum atomic E-state index is 12.9. The molecular weight excluding hydrogens is 467 g/mol. The molecule has 0 atom stereocenters. The highest BCUT2D eigenvalue weighted by atomic mass is 35.5. The number of halogens is 2. The van der Waals surface area contributed by atoms with E-state index in [0.29, 0.717) is 15.8 Å². The summed E-state index contributed by atoms with van der Waals surface area (Å²) in [5.41, 5.74) is 6.54. The Labute approximate surface area is 201 Å². The van der Waals surface area contributed by atoms with Gasteiger partial charge in [0.1, 0.15) is 5.76 Å². The number of carbonyl (C=O) groups is 1. The Kier molecular flexibility index (Phi) is 6.79. The molecule has 2 aromatic carbocycles. The summed E-state index contributed by atoms with van der Waals surface area (Å²) < 4.78 is 5.93. The summed E-state index contributed by atoms with van der Waals surface area (Å²) in [7, 11) is 0. The monoisotopic (exact) mass is 486 g/mol. The molecule has 1 aromatic heterocycles. The molecule has 0 saturated carbocycles. The summed E-state index contributed by atoms with van der Waals surface area (Å²) in [6, 6.07) is 14.7. The maximum Gasteiger partial charge on any atom is 0.291 e. The van der Waals surface area contributed by atoms with Crippen LogP contribution in [-0.2, 0) is 6.42 Å². The van der Waals surface area contributed by atoms with Crippen LogP contribution in [0.3, 0.4) is 0 Å². The number of furan rings is 1. The first-order valence-corrected chi connectivity index (χ1v) is 11.2. The van der Waals surface area contributed by atoms with Crippen molar-refractivity contribution in [3.63, 3.8) is 0 Å². The second-order valence-corrected chi connectivity index (χ2v) is 8.45. The van der Waals surface area contributed by atoms with E-state index in [4.69, 9.17) is 39.8 Å². The SMILES string of the molecule is Cc1c(C(=O)Nc2cccc(Cl)c2Cl)oc2c1/C(=N/NC(=S)Nc1ccccc1)CCC2. The van der Waals surface area contributed by atoms with Gasteiger partial charge < -0.3 is 15.1 Å². The lowest BCUT2D eigenvalue weighted by atomic mass is 9.93. The predicted molar refractivity (Wildman–Crippen MR) is 133 cm³/mol. The molecule has 1 aliphatic rings. The molecule has 164 valence electrons. The molecule has 32 heavy (non-hydrogen) atoms. The van der Waals surface area contributed by atoms with Crippen molar-refractivity contribution < 1.29 is 9.21 Å². The first-order chi connectivity index (χ1) is 15.4. The highest BCUT2D eigenvalue weighted by Crippen LogP contribution is 2.32. The zero-order chi connectivity index (χ0) is 22.7. The van der Waals surface area contributed by atoms with Crippen LogP contribution in [0.15, 0.2) is 58.0 Å². The van der Waals surface area contributed by atoms with E-state index in [9.17, 15) is 4.79 Å². The van der Waals surface area contributed by atoms with Gasteiger partial charge in [0.2, 0.25) is 0 Å². The summed E-state index contributed by atoms with van der Waals surface area (Å²) in [6.45, 7) is 1.85. The fourth-order valence-electron chi connectivity index (χ4n) is 3.57. The van der Waals surface area contributed by atoms with Gasteiger partial charge in [-0.3, -0.25) is 10.2 Å². The Morgan fingerprint density at radius 2 is 1.84 bits per heavy atom. The van der Waals surface area contributed by atoms with E-state index in [-0.39, 0.29) is 10.8 Å². The number of carbonyl (C=O) groups excluding carboxylic acids is 1. The van der Waals surface area contributed by atoms with Crippen LogP contribution in [0.2, 0.25) is 10.0 Å². The molecular formula is C23H20Cl2N4O2S. The van der Waals surface area contributed by atoms with Crippen LogP contribution in [0.1, 0.15) is 40.3 Å². The van der Waals surface area contributed by atoms with E-state index in [2.05, 4.69) is 21.2 Å². The minimum absolute atomic E-state index is 0.227. The standard InChI is InChI=1S/C23H20Cl2N4O2S/c1-13-19-16(28-29-23(32)26-14-7-3-2-4-8-14)10-6-12-18(19)31-21(13)22(30)27-17-11-5-9-15(24)20(17)25/h2-5,7-9,11H,6,10,12H2,1H3,(H,27,30)(H2,26,29,32)/b28-16+. The summed E-state index contributed by atoms with van der Waals surface area (Å²) >= 11 is 17.6. The van der Waals surface area contributed by atoms with Crippen molar-refractivity contribution in [1.29, 1.82) is 0 Å². The fourth-order valence-corrected chi connectivity index (χ4v) is 4.09. The number of hydrazone groups is 1. The van der Waals surface area contributed by atoms with Crippen LogP contribution in [-0.4, -0.2) is 16.7 Å². The minimum atomic E-state index is -0.394. The number of benzene rings is 2. The van der Waals surface area contributed by atoms with Crippen LogP contribution in [0.25, 0.3) is 0 Å². The molecule has 3 aromatic rings. The van der Waals surface area contributed by atoms with Crippen LogP contribution >= 0.6 is 35.4 Å². The van der Waals surface area contributed by atoms with Gasteiger partial charge >= 0.3 is 0 Å². The van der Waals surface area contributed by atoms with Crippen LogP contribution < -0.4 is 16.1 Å². The van der Waals surface area contributed by atoms with Crippen molar-refractivity contribution in [3.8, 4) is 0 Å². The van der Waals surface area contributed by atoms with E-state index in [1.807, 2.05) is 37.3 Å². The largest absolute Gasteiger partial charge is 0.455 e. The number of hydrogen-bond acceptors (Lipinski definition) is 4. The topological polar surface area (TPSA) is 78.7 Å². The zero-order valence-corrected chi connectivity index (χ0v) is 19.5. The second-order valence-electron chi connectivity index (χ2n) is 7.25. The number of hydrogen-bond donors (Lipinski definition) is 3. The summed E-state index contributed by atoms with van der Waals surface area (Å²) in [5.74, 6) is 0.568. The minimum Gasteiger partial charge on any atom is -0.455 e. The van der Waals surface area contributed by atoms with Crippen LogP contribution in [0.5, 0.6) is 0 Å². The number of para-hydroxylation sites is 1. The molecule has 1 aliphatic carbocycles. The lowest BCUT2D eigenvalue weighted by molar-refractivity contribution is 0.0994. The first-order valence-electron chi connectivity index (χ1n) is 10.0. The number of aryl methyl sites for hydroxylation is 1. The van der Waals surface area contributed by atoms with Gasteiger partial charge in [-0.25, -0.2) is 0 Å².